The van der Waals surface area contributed by atoms with Gasteiger partial charge in [0, 0.05) is 0 Å². The molecule has 0 amide bonds. The van der Waals surface area contributed by atoms with Gasteiger partial charge in [0.25, 0.3) is 0 Å². The zero-order chi connectivity index (χ0) is 12.3. The Morgan fingerprint density at radius 2 is 2.06 bits per heavy atom. The lowest BCUT2D eigenvalue weighted by Crippen LogP contribution is -2.51. The number of aliphatic carboxylic acids is 1. The highest BCUT2D eigenvalue weighted by molar-refractivity contribution is 5.81. The lowest BCUT2D eigenvalue weighted by Gasteiger charge is -2.31. The first-order valence-corrected chi connectivity index (χ1v) is 6.25. The number of carboxylic acids is 1. The third kappa shape index (κ3) is 2.20. The van der Waals surface area contributed by atoms with Crippen molar-refractivity contribution in [2.75, 3.05) is 6.54 Å². The molecule has 1 saturated carbocycles. The second kappa shape index (κ2) is 4.88. The predicted octanol–water partition coefficient (Wildman–Crippen LogP) is 2.38. The van der Waals surface area contributed by atoms with Crippen LogP contribution in [0.2, 0.25) is 0 Å². The Hall–Kier alpha value is -1.35. The minimum atomic E-state index is -0.878. The second-order valence-corrected chi connectivity index (χ2v) is 4.68. The molecule has 1 aromatic carbocycles. The van der Waals surface area contributed by atoms with Gasteiger partial charge in [-0.2, -0.15) is 0 Å². The Balaban J connectivity index is 2.37. The predicted molar refractivity (Wildman–Crippen MR) is 66.8 cm³/mol. The van der Waals surface area contributed by atoms with Crippen molar-refractivity contribution in [1.29, 1.82) is 0 Å². The molecular formula is C14H19NO2. The van der Waals surface area contributed by atoms with Crippen LogP contribution in [0.5, 0.6) is 0 Å². The number of carboxylic acid groups (broad SMARTS) is 1. The monoisotopic (exact) mass is 233 g/mol. The molecule has 0 saturated heterocycles. The highest BCUT2D eigenvalue weighted by Crippen LogP contribution is 2.46. The van der Waals surface area contributed by atoms with Gasteiger partial charge in [0.1, 0.15) is 5.54 Å². The normalized spacial score (nSPS) is 18.6. The van der Waals surface area contributed by atoms with Crippen LogP contribution in [0.1, 0.15) is 31.7 Å². The number of nitrogens with one attached hydrogen (secondary N) is 1. The van der Waals surface area contributed by atoms with Crippen molar-refractivity contribution in [3.05, 3.63) is 35.9 Å². The van der Waals surface area contributed by atoms with Gasteiger partial charge < -0.3 is 5.11 Å². The SMILES string of the molecule is CCCNC(C(=O)O)(c1ccccc1)C1CC1. The van der Waals surface area contributed by atoms with Gasteiger partial charge in [-0.25, -0.2) is 4.79 Å². The molecule has 0 aliphatic heterocycles. The molecule has 0 aromatic heterocycles. The first-order chi connectivity index (χ1) is 8.21. The summed E-state index contributed by atoms with van der Waals surface area (Å²) < 4.78 is 0. The maximum absolute atomic E-state index is 11.7. The van der Waals surface area contributed by atoms with Gasteiger partial charge >= 0.3 is 5.97 Å². The summed E-state index contributed by atoms with van der Waals surface area (Å²) in [5.41, 5.74) is 0.000486. The zero-order valence-electron chi connectivity index (χ0n) is 10.1. The van der Waals surface area contributed by atoms with E-state index in [4.69, 9.17) is 0 Å². The van der Waals surface area contributed by atoms with E-state index < -0.39 is 11.5 Å². The quantitative estimate of drug-likeness (QED) is 0.793. The Morgan fingerprint density at radius 1 is 1.41 bits per heavy atom. The Labute approximate surface area is 102 Å². The summed E-state index contributed by atoms with van der Waals surface area (Å²) in [6, 6.07) is 9.55. The molecular weight excluding hydrogens is 214 g/mol. The van der Waals surface area contributed by atoms with E-state index in [2.05, 4.69) is 12.2 Å². The van der Waals surface area contributed by atoms with Gasteiger partial charge in [-0.05, 0) is 37.3 Å². The molecule has 0 radical (unpaired) electrons. The van der Waals surface area contributed by atoms with Crippen molar-refractivity contribution in [2.45, 2.75) is 31.7 Å². The standard InChI is InChI=1S/C14H19NO2/c1-2-10-15-14(13(16)17,12-8-9-12)11-6-4-3-5-7-11/h3-7,12,15H,2,8-10H2,1H3,(H,16,17). The molecule has 0 spiro atoms. The smallest absolute Gasteiger partial charge is 0.328 e. The Morgan fingerprint density at radius 3 is 2.53 bits per heavy atom. The van der Waals surface area contributed by atoms with Gasteiger partial charge in [-0.1, -0.05) is 37.3 Å². The van der Waals surface area contributed by atoms with Crippen molar-refractivity contribution in [2.24, 2.45) is 5.92 Å². The van der Waals surface area contributed by atoms with Crippen molar-refractivity contribution >= 4 is 5.97 Å². The van der Waals surface area contributed by atoms with E-state index in [1.54, 1.807) is 0 Å². The highest BCUT2D eigenvalue weighted by atomic mass is 16.4. The summed E-state index contributed by atoms with van der Waals surface area (Å²) in [7, 11) is 0. The molecule has 2 rings (SSSR count). The fraction of sp³-hybridized carbons (Fsp3) is 0.500. The summed E-state index contributed by atoms with van der Waals surface area (Å²) >= 11 is 0. The van der Waals surface area contributed by atoms with Crippen LogP contribution in [-0.2, 0) is 10.3 Å². The summed E-state index contributed by atoms with van der Waals surface area (Å²) in [4.78, 5) is 11.7. The van der Waals surface area contributed by atoms with Crippen LogP contribution in [0.3, 0.4) is 0 Å². The lowest BCUT2D eigenvalue weighted by atomic mass is 9.84. The topological polar surface area (TPSA) is 49.3 Å². The van der Waals surface area contributed by atoms with Crippen LogP contribution in [0, 0.1) is 5.92 Å². The van der Waals surface area contributed by atoms with Crippen LogP contribution in [-0.4, -0.2) is 17.6 Å². The summed E-state index contributed by atoms with van der Waals surface area (Å²) in [6.07, 6.45) is 2.93. The first-order valence-electron chi connectivity index (χ1n) is 6.25. The Kier molecular flexibility index (Phi) is 3.48. The van der Waals surface area contributed by atoms with E-state index in [0.29, 0.717) is 0 Å². The maximum Gasteiger partial charge on any atom is 0.328 e. The van der Waals surface area contributed by atoms with Crippen molar-refractivity contribution in [1.82, 2.24) is 5.32 Å². The fourth-order valence-electron chi connectivity index (χ4n) is 2.40. The molecule has 1 fully saturated rings. The van der Waals surface area contributed by atoms with Gasteiger partial charge in [0.15, 0.2) is 0 Å². The van der Waals surface area contributed by atoms with Crippen LogP contribution in [0.25, 0.3) is 0 Å². The average Bonchev–Trinajstić information content (AvgIpc) is 3.16. The molecule has 3 heteroatoms. The molecule has 1 aliphatic carbocycles. The van der Waals surface area contributed by atoms with Crippen LogP contribution in [0.4, 0.5) is 0 Å². The fourth-order valence-corrected chi connectivity index (χ4v) is 2.40. The number of hydrogen-bond acceptors (Lipinski definition) is 2. The maximum atomic E-state index is 11.7. The van der Waals surface area contributed by atoms with Crippen LogP contribution < -0.4 is 5.32 Å². The molecule has 17 heavy (non-hydrogen) atoms. The van der Waals surface area contributed by atoms with Gasteiger partial charge in [0.05, 0.1) is 0 Å². The van der Waals surface area contributed by atoms with Gasteiger partial charge in [-0.3, -0.25) is 5.32 Å². The summed E-state index contributed by atoms with van der Waals surface area (Å²) in [5, 5.41) is 12.9. The summed E-state index contributed by atoms with van der Waals surface area (Å²) in [6.45, 7) is 2.79. The molecule has 1 unspecified atom stereocenters. The minimum Gasteiger partial charge on any atom is -0.480 e. The third-order valence-corrected chi connectivity index (χ3v) is 3.41. The Bertz CT molecular complexity index is 386. The molecule has 1 atom stereocenters. The molecule has 92 valence electrons. The van der Waals surface area contributed by atoms with E-state index in [0.717, 1.165) is 31.4 Å². The van der Waals surface area contributed by atoms with Crippen LogP contribution in [0.15, 0.2) is 30.3 Å². The molecule has 0 bridgehead atoms. The van der Waals surface area contributed by atoms with E-state index in [9.17, 15) is 9.90 Å². The van der Waals surface area contributed by atoms with E-state index in [-0.39, 0.29) is 5.92 Å². The van der Waals surface area contributed by atoms with Gasteiger partial charge in [0.2, 0.25) is 0 Å². The molecule has 1 aliphatic rings. The minimum absolute atomic E-state index is 0.231. The second-order valence-electron chi connectivity index (χ2n) is 4.68. The summed E-state index contributed by atoms with van der Waals surface area (Å²) in [5.74, 6) is -0.520. The lowest BCUT2D eigenvalue weighted by molar-refractivity contribution is -0.146. The van der Waals surface area contributed by atoms with Crippen molar-refractivity contribution in [3.63, 3.8) is 0 Å². The number of carbonyl (C=O) groups is 1. The zero-order valence-corrected chi connectivity index (χ0v) is 10.1. The molecule has 3 nitrogen and oxygen atoms in total. The number of hydrogen-bond donors (Lipinski definition) is 2. The third-order valence-electron chi connectivity index (χ3n) is 3.41. The molecule has 2 N–H and O–H groups in total. The van der Waals surface area contributed by atoms with Crippen LogP contribution >= 0.6 is 0 Å². The molecule has 0 heterocycles. The van der Waals surface area contributed by atoms with E-state index >= 15 is 0 Å². The highest BCUT2D eigenvalue weighted by Gasteiger charge is 2.51. The first kappa shape index (κ1) is 12.1. The largest absolute Gasteiger partial charge is 0.480 e. The number of rotatable bonds is 6. The van der Waals surface area contributed by atoms with Crippen molar-refractivity contribution < 1.29 is 9.90 Å². The number of benzene rings is 1. The molecule has 1 aromatic rings. The van der Waals surface area contributed by atoms with E-state index in [1.807, 2.05) is 30.3 Å². The average molecular weight is 233 g/mol. The van der Waals surface area contributed by atoms with Gasteiger partial charge in [-0.15, -0.1) is 0 Å². The van der Waals surface area contributed by atoms with E-state index in [1.165, 1.54) is 0 Å². The van der Waals surface area contributed by atoms with Crippen molar-refractivity contribution in [3.8, 4) is 0 Å².